The minimum Gasteiger partial charge on any atom is -0.454 e. The normalized spacial score (nSPS) is 10.7. The Hall–Kier alpha value is -3.06. The Morgan fingerprint density at radius 1 is 1.12 bits per heavy atom. The van der Waals surface area contributed by atoms with Gasteiger partial charge in [-0.15, -0.1) is 0 Å². The van der Waals surface area contributed by atoms with Gasteiger partial charge in [-0.2, -0.15) is 0 Å². The molecule has 0 fully saturated rings. The van der Waals surface area contributed by atoms with Gasteiger partial charge >= 0.3 is 11.7 Å². The topological polar surface area (TPSA) is 90.5 Å². The first-order valence-corrected chi connectivity index (χ1v) is 8.16. The fourth-order valence-corrected chi connectivity index (χ4v) is 2.46. The molecule has 134 valence electrons. The molecule has 0 aliphatic heterocycles. The van der Waals surface area contributed by atoms with Gasteiger partial charge in [-0.05, 0) is 29.8 Å². The van der Waals surface area contributed by atoms with Gasteiger partial charge in [-0.25, -0.2) is 4.79 Å². The van der Waals surface area contributed by atoms with Crippen LogP contribution in [0.3, 0.4) is 0 Å². The summed E-state index contributed by atoms with van der Waals surface area (Å²) in [6.45, 7) is -0.476. The van der Waals surface area contributed by atoms with E-state index in [-0.39, 0.29) is 6.54 Å². The molecule has 1 amide bonds. The Morgan fingerprint density at radius 2 is 1.85 bits per heavy atom. The number of para-hydroxylation sites is 2. The maximum Gasteiger partial charge on any atom is 0.420 e. The predicted octanol–water partition coefficient (Wildman–Crippen LogP) is 2.11. The summed E-state index contributed by atoms with van der Waals surface area (Å²) in [5.41, 5.74) is 1.73. The van der Waals surface area contributed by atoms with Crippen LogP contribution < -0.4 is 11.1 Å². The summed E-state index contributed by atoms with van der Waals surface area (Å²) >= 11 is 5.79. The maximum atomic E-state index is 11.9. The molecular formula is C18H15ClN2O5. The van der Waals surface area contributed by atoms with Crippen LogP contribution in [0.5, 0.6) is 0 Å². The van der Waals surface area contributed by atoms with E-state index in [9.17, 15) is 14.4 Å². The zero-order chi connectivity index (χ0) is 18.5. The van der Waals surface area contributed by atoms with Crippen LogP contribution in [0.15, 0.2) is 57.7 Å². The van der Waals surface area contributed by atoms with Gasteiger partial charge in [0.1, 0.15) is 6.54 Å². The molecule has 0 bridgehead atoms. The minimum atomic E-state index is -0.708. The highest BCUT2D eigenvalue weighted by atomic mass is 35.5. The number of hydrogen-bond donors (Lipinski definition) is 1. The number of fused-ring (bicyclic) bond motifs is 1. The molecule has 8 heteroatoms. The van der Waals surface area contributed by atoms with Crippen molar-refractivity contribution in [3.05, 3.63) is 69.7 Å². The number of carbonyl (C=O) groups is 2. The standard InChI is InChI=1S/C18H15ClN2O5/c19-13-7-5-12(6-8-13)9-20-16(22)11-25-17(23)10-21-14-3-1-2-4-15(14)26-18(21)24/h1-8H,9-11H2,(H,20,22). The van der Waals surface area contributed by atoms with Crippen molar-refractivity contribution in [1.82, 2.24) is 9.88 Å². The average Bonchev–Trinajstić information content (AvgIpc) is 2.95. The van der Waals surface area contributed by atoms with E-state index in [2.05, 4.69) is 5.32 Å². The number of ether oxygens (including phenoxy) is 1. The molecule has 0 saturated heterocycles. The molecule has 0 radical (unpaired) electrons. The van der Waals surface area contributed by atoms with Gasteiger partial charge in [-0.3, -0.25) is 14.2 Å². The lowest BCUT2D eigenvalue weighted by Gasteiger charge is -2.07. The van der Waals surface area contributed by atoms with Crippen molar-refractivity contribution in [2.24, 2.45) is 0 Å². The zero-order valence-electron chi connectivity index (χ0n) is 13.6. The highest BCUT2D eigenvalue weighted by Gasteiger charge is 2.14. The van der Waals surface area contributed by atoms with Crippen LogP contribution in [0.4, 0.5) is 0 Å². The van der Waals surface area contributed by atoms with Gasteiger partial charge in [0.25, 0.3) is 5.91 Å². The molecule has 3 aromatic rings. The second kappa shape index (κ2) is 7.88. The molecule has 3 rings (SSSR count). The molecule has 26 heavy (non-hydrogen) atoms. The van der Waals surface area contributed by atoms with E-state index in [1.54, 1.807) is 48.5 Å². The molecule has 2 aromatic carbocycles. The first-order chi connectivity index (χ1) is 12.5. The van der Waals surface area contributed by atoms with Crippen LogP contribution in [0, 0.1) is 0 Å². The van der Waals surface area contributed by atoms with Gasteiger partial charge in [0.05, 0.1) is 5.52 Å². The molecule has 0 atom stereocenters. The van der Waals surface area contributed by atoms with Gasteiger partial charge in [0.2, 0.25) is 0 Å². The van der Waals surface area contributed by atoms with Crippen LogP contribution in [-0.4, -0.2) is 23.1 Å². The summed E-state index contributed by atoms with van der Waals surface area (Å²) in [6, 6.07) is 13.7. The van der Waals surface area contributed by atoms with E-state index in [1.807, 2.05) is 0 Å². The molecule has 1 aromatic heterocycles. The molecule has 1 heterocycles. The highest BCUT2D eigenvalue weighted by molar-refractivity contribution is 6.30. The smallest absolute Gasteiger partial charge is 0.420 e. The molecule has 0 spiro atoms. The van der Waals surface area contributed by atoms with Crippen LogP contribution in [0.1, 0.15) is 5.56 Å². The fraction of sp³-hybridized carbons (Fsp3) is 0.167. The van der Waals surface area contributed by atoms with E-state index in [0.717, 1.165) is 10.1 Å². The summed E-state index contributed by atoms with van der Waals surface area (Å²) in [7, 11) is 0. The molecule has 7 nitrogen and oxygen atoms in total. The van der Waals surface area contributed by atoms with Crippen LogP contribution in [-0.2, 0) is 27.4 Å². The predicted molar refractivity (Wildman–Crippen MR) is 94.7 cm³/mol. The Labute approximate surface area is 153 Å². The van der Waals surface area contributed by atoms with Crippen LogP contribution in [0.25, 0.3) is 11.1 Å². The summed E-state index contributed by atoms with van der Waals surface area (Å²) in [5, 5.41) is 3.23. The number of halogens is 1. The van der Waals surface area contributed by atoms with Crippen molar-refractivity contribution in [3.63, 3.8) is 0 Å². The third-order valence-corrected chi connectivity index (χ3v) is 3.88. The number of benzene rings is 2. The van der Waals surface area contributed by atoms with Gasteiger partial charge in [0.15, 0.2) is 12.2 Å². The number of nitrogens with zero attached hydrogens (tertiary/aromatic N) is 1. The molecule has 0 unspecified atom stereocenters. The summed E-state index contributed by atoms with van der Waals surface area (Å²) in [4.78, 5) is 35.5. The number of esters is 1. The Morgan fingerprint density at radius 3 is 2.62 bits per heavy atom. The van der Waals surface area contributed by atoms with E-state index in [0.29, 0.717) is 22.7 Å². The quantitative estimate of drug-likeness (QED) is 0.667. The number of amides is 1. The van der Waals surface area contributed by atoms with Gasteiger partial charge in [-0.1, -0.05) is 35.9 Å². The molecular weight excluding hydrogens is 360 g/mol. The SMILES string of the molecule is O=C(COC(=O)Cn1c(=O)oc2ccccc21)NCc1ccc(Cl)cc1. The molecule has 1 N–H and O–H groups in total. The lowest BCUT2D eigenvalue weighted by Crippen LogP contribution is -2.30. The van der Waals surface area contributed by atoms with E-state index in [1.165, 1.54) is 0 Å². The first kappa shape index (κ1) is 17.8. The van der Waals surface area contributed by atoms with Crippen LogP contribution in [0.2, 0.25) is 5.02 Å². The number of aromatic nitrogens is 1. The van der Waals surface area contributed by atoms with Crippen molar-refractivity contribution in [2.45, 2.75) is 13.1 Å². The summed E-state index contributed by atoms with van der Waals surface area (Å²) in [6.07, 6.45) is 0. The van der Waals surface area contributed by atoms with Crippen molar-refractivity contribution in [3.8, 4) is 0 Å². The number of nitrogens with one attached hydrogen (secondary N) is 1. The van der Waals surface area contributed by atoms with Crippen molar-refractivity contribution in [1.29, 1.82) is 0 Å². The number of hydrogen-bond acceptors (Lipinski definition) is 5. The summed E-state index contributed by atoms with van der Waals surface area (Å²) in [5.74, 6) is -1.81. The molecule has 0 saturated carbocycles. The van der Waals surface area contributed by atoms with Crippen molar-refractivity contribution < 1.29 is 18.7 Å². The minimum absolute atomic E-state index is 0.291. The third-order valence-electron chi connectivity index (χ3n) is 3.63. The monoisotopic (exact) mass is 374 g/mol. The molecule has 0 aliphatic rings. The highest BCUT2D eigenvalue weighted by Crippen LogP contribution is 2.11. The number of oxazole rings is 1. The second-order valence-corrected chi connectivity index (χ2v) is 5.92. The number of carbonyl (C=O) groups excluding carboxylic acids is 2. The second-order valence-electron chi connectivity index (χ2n) is 5.49. The largest absolute Gasteiger partial charge is 0.454 e. The fourth-order valence-electron chi connectivity index (χ4n) is 2.34. The molecule has 0 aliphatic carbocycles. The average molecular weight is 375 g/mol. The lowest BCUT2D eigenvalue weighted by molar-refractivity contribution is -0.149. The van der Waals surface area contributed by atoms with Gasteiger partial charge in [0, 0.05) is 11.6 Å². The first-order valence-electron chi connectivity index (χ1n) is 7.78. The zero-order valence-corrected chi connectivity index (χ0v) is 14.4. The lowest BCUT2D eigenvalue weighted by atomic mass is 10.2. The van der Waals surface area contributed by atoms with Crippen LogP contribution >= 0.6 is 11.6 Å². The Balaban J connectivity index is 1.50. The van der Waals surface area contributed by atoms with Gasteiger partial charge < -0.3 is 14.5 Å². The van der Waals surface area contributed by atoms with E-state index in [4.69, 9.17) is 20.8 Å². The van der Waals surface area contributed by atoms with Crippen molar-refractivity contribution >= 4 is 34.6 Å². The Kier molecular flexibility index (Phi) is 5.38. The van der Waals surface area contributed by atoms with Crippen molar-refractivity contribution in [2.75, 3.05) is 6.61 Å². The summed E-state index contributed by atoms with van der Waals surface area (Å²) < 4.78 is 11.1. The van der Waals surface area contributed by atoms with E-state index < -0.39 is 24.2 Å². The third kappa shape index (κ3) is 4.31. The maximum absolute atomic E-state index is 11.9. The van der Waals surface area contributed by atoms with E-state index >= 15 is 0 Å². The Bertz CT molecular complexity index is 991. The number of rotatable bonds is 6.